The van der Waals surface area contributed by atoms with Gasteiger partial charge >= 0.3 is 0 Å². The van der Waals surface area contributed by atoms with E-state index < -0.39 is 0 Å². The summed E-state index contributed by atoms with van der Waals surface area (Å²) in [5.41, 5.74) is 1.37. The standard InChI is InChI=1S/C18H30N4/c1-15(22(3)14-17-7-5-4-6-8-17)11-12-20-18(19-2)21-13-16-9-10-16/h4-8,15-16H,9-14H2,1-3H3,(H2,19,20,21). The van der Waals surface area contributed by atoms with Gasteiger partial charge in [0.15, 0.2) is 5.96 Å². The maximum absolute atomic E-state index is 4.28. The molecule has 1 atom stereocenters. The molecule has 1 aromatic carbocycles. The van der Waals surface area contributed by atoms with Crippen molar-refractivity contribution in [2.24, 2.45) is 10.9 Å². The smallest absolute Gasteiger partial charge is 0.190 e. The van der Waals surface area contributed by atoms with E-state index in [4.69, 9.17) is 0 Å². The summed E-state index contributed by atoms with van der Waals surface area (Å²) in [6, 6.07) is 11.2. The van der Waals surface area contributed by atoms with E-state index in [2.05, 4.69) is 64.8 Å². The molecular formula is C18H30N4. The predicted molar refractivity (Wildman–Crippen MR) is 94.1 cm³/mol. The zero-order valence-corrected chi connectivity index (χ0v) is 14.2. The Kier molecular flexibility index (Phi) is 6.72. The molecule has 1 aliphatic carbocycles. The van der Waals surface area contributed by atoms with Crippen LogP contribution < -0.4 is 10.6 Å². The van der Waals surface area contributed by atoms with E-state index in [1.54, 1.807) is 0 Å². The van der Waals surface area contributed by atoms with E-state index >= 15 is 0 Å². The number of benzene rings is 1. The highest BCUT2D eigenvalue weighted by atomic mass is 15.2. The van der Waals surface area contributed by atoms with Crippen LogP contribution in [0.25, 0.3) is 0 Å². The van der Waals surface area contributed by atoms with Crippen LogP contribution in [0.2, 0.25) is 0 Å². The molecule has 1 aromatic rings. The van der Waals surface area contributed by atoms with Crippen LogP contribution in [0.5, 0.6) is 0 Å². The highest BCUT2D eigenvalue weighted by Crippen LogP contribution is 2.27. The first-order chi connectivity index (χ1) is 10.7. The lowest BCUT2D eigenvalue weighted by Gasteiger charge is -2.25. The molecule has 2 rings (SSSR count). The van der Waals surface area contributed by atoms with Crippen molar-refractivity contribution >= 4 is 5.96 Å². The Bertz CT molecular complexity index is 453. The maximum Gasteiger partial charge on any atom is 0.190 e. The summed E-state index contributed by atoms with van der Waals surface area (Å²) in [4.78, 5) is 6.68. The topological polar surface area (TPSA) is 39.7 Å². The molecule has 0 spiro atoms. The van der Waals surface area contributed by atoms with E-state index in [9.17, 15) is 0 Å². The SMILES string of the molecule is CN=C(NCCC(C)N(C)Cc1ccccc1)NCC1CC1. The minimum absolute atomic E-state index is 0.536. The van der Waals surface area contributed by atoms with Gasteiger partial charge in [-0.3, -0.25) is 9.89 Å². The minimum atomic E-state index is 0.536. The highest BCUT2D eigenvalue weighted by molar-refractivity contribution is 5.79. The number of nitrogens with one attached hydrogen (secondary N) is 2. The Labute approximate surface area is 135 Å². The fourth-order valence-electron chi connectivity index (χ4n) is 2.43. The van der Waals surface area contributed by atoms with Gasteiger partial charge in [0, 0.05) is 32.7 Å². The van der Waals surface area contributed by atoms with Gasteiger partial charge in [-0.05, 0) is 44.7 Å². The molecule has 0 bridgehead atoms. The van der Waals surface area contributed by atoms with Gasteiger partial charge in [0.25, 0.3) is 0 Å². The molecule has 1 unspecified atom stereocenters. The van der Waals surface area contributed by atoms with Crippen molar-refractivity contribution in [1.82, 2.24) is 15.5 Å². The molecule has 4 heteroatoms. The van der Waals surface area contributed by atoms with Crippen LogP contribution in [-0.4, -0.2) is 44.1 Å². The Balaban J connectivity index is 1.64. The molecule has 22 heavy (non-hydrogen) atoms. The molecule has 0 aromatic heterocycles. The van der Waals surface area contributed by atoms with Crippen LogP contribution in [0.1, 0.15) is 31.7 Å². The number of aliphatic imine (C=N–C) groups is 1. The summed E-state index contributed by atoms with van der Waals surface area (Å²) in [5, 5.41) is 6.81. The van der Waals surface area contributed by atoms with Gasteiger partial charge < -0.3 is 10.6 Å². The van der Waals surface area contributed by atoms with Gasteiger partial charge in [0.1, 0.15) is 0 Å². The first kappa shape index (κ1) is 16.8. The summed E-state index contributed by atoms with van der Waals surface area (Å²) in [6.07, 6.45) is 3.84. The van der Waals surface area contributed by atoms with Crippen molar-refractivity contribution in [2.45, 2.75) is 38.8 Å². The lowest BCUT2D eigenvalue weighted by Crippen LogP contribution is -2.40. The van der Waals surface area contributed by atoms with Crippen molar-refractivity contribution < 1.29 is 0 Å². The van der Waals surface area contributed by atoms with Crippen LogP contribution in [0, 0.1) is 5.92 Å². The normalized spacial score (nSPS) is 16.6. The van der Waals surface area contributed by atoms with Gasteiger partial charge in [0.2, 0.25) is 0 Å². The lowest BCUT2D eigenvalue weighted by atomic mass is 10.1. The second-order valence-corrected chi connectivity index (χ2v) is 6.36. The number of guanidine groups is 1. The summed E-state index contributed by atoms with van der Waals surface area (Å²) >= 11 is 0. The molecule has 2 N–H and O–H groups in total. The third-order valence-electron chi connectivity index (χ3n) is 4.36. The lowest BCUT2D eigenvalue weighted by molar-refractivity contribution is 0.238. The van der Waals surface area contributed by atoms with Crippen LogP contribution in [0.3, 0.4) is 0 Å². The van der Waals surface area contributed by atoms with Gasteiger partial charge in [-0.25, -0.2) is 0 Å². The van der Waals surface area contributed by atoms with Gasteiger partial charge in [-0.15, -0.1) is 0 Å². The average molecular weight is 302 g/mol. The van der Waals surface area contributed by atoms with E-state index in [0.29, 0.717) is 6.04 Å². The largest absolute Gasteiger partial charge is 0.356 e. The monoisotopic (exact) mass is 302 g/mol. The molecule has 0 radical (unpaired) electrons. The van der Waals surface area contributed by atoms with E-state index in [1.807, 2.05) is 7.05 Å². The number of nitrogens with zero attached hydrogens (tertiary/aromatic N) is 2. The summed E-state index contributed by atoms with van der Waals surface area (Å²) in [7, 11) is 4.03. The Morgan fingerprint density at radius 1 is 1.27 bits per heavy atom. The molecule has 4 nitrogen and oxygen atoms in total. The van der Waals surface area contributed by atoms with Gasteiger partial charge in [-0.1, -0.05) is 30.3 Å². The average Bonchev–Trinajstić information content (AvgIpc) is 3.35. The molecule has 0 heterocycles. The van der Waals surface area contributed by atoms with E-state index in [1.165, 1.54) is 18.4 Å². The zero-order chi connectivity index (χ0) is 15.8. The Hall–Kier alpha value is -1.55. The van der Waals surface area contributed by atoms with Crippen LogP contribution in [0.15, 0.2) is 35.3 Å². The summed E-state index contributed by atoms with van der Waals surface area (Å²) < 4.78 is 0. The molecule has 1 aliphatic rings. The molecule has 0 aliphatic heterocycles. The van der Waals surface area contributed by atoms with Crippen LogP contribution in [-0.2, 0) is 6.54 Å². The Morgan fingerprint density at radius 2 is 2.00 bits per heavy atom. The molecule has 0 amide bonds. The third-order valence-corrected chi connectivity index (χ3v) is 4.36. The number of hydrogen-bond donors (Lipinski definition) is 2. The van der Waals surface area contributed by atoms with Crippen LogP contribution in [0.4, 0.5) is 0 Å². The van der Waals surface area contributed by atoms with Crippen molar-refractivity contribution in [3.8, 4) is 0 Å². The first-order valence-electron chi connectivity index (χ1n) is 8.37. The Morgan fingerprint density at radius 3 is 2.64 bits per heavy atom. The third kappa shape index (κ3) is 6.06. The number of hydrogen-bond acceptors (Lipinski definition) is 2. The van der Waals surface area contributed by atoms with Crippen molar-refractivity contribution in [3.63, 3.8) is 0 Å². The summed E-state index contributed by atoms with van der Waals surface area (Å²) in [5.74, 6) is 1.80. The van der Waals surface area contributed by atoms with Gasteiger partial charge in [0.05, 0.1) is 0 Å². The summed E-state index contributed by atoms with van der Waals surface area (Å²) in [6.45, 7) is 5.29. The minimum Gasteiger partial charge on any atom is -0.356 e. The van der Waals surface area contributed by atoms with Crippen LogP contribution >= 0.6 is 0 Å². The number of rotatable bonds is 8. The quantitative estimate of drug-likeness (QED) is 0.572. The predicted octanol–water partition coefficient (Wildman–Crippen LogP) is 2.47. The molecule has 1 saturated carbocycles. The molecule has 1 fully saturated rings. The fraction of sp³-hybridized carbons (Fsp3) is 0.611. The van der Waals surface area contributed by atoms with E-state index in [-0.39, 0.29) is 0 Å². The fourth-order valence-corrected chi connectivity index (χ4v) is 2.43. The molecular weight excluding hydrogens is 272 g/mol. The zero-order valence-electron chi connectivity index (χ0n) is 14.2. The van der Waals surface area contributed by atoms with Crippen molar-refractivity contribution in [2.75, 3.05) is 27.2 Å². The van der Waals surface area contributed by atoms with Crippen molar-refractivity contribution in [3.05, 3.63) is 35.9 Å². The molecule has 0 saturated heterocycles. The second kappa shape index (κ2) is 8.79. The second-order valence-electron chi connectivity index (χ2n) is 6.36. The molecule has 122 valence electrons. The van der Waals surface area contributed by atoms with E-state index in [0.717, 1.165) is 37.9 Å². The van der Waals surface area contributed by atoms with Crippen molar-refractivity contribution in [1.29, 1.82) is 0 Å². The van der Waals surface area contributed by atoms with Gasteiger partial charge in [-0.2, -0.15) is 0 Å². The first-order valence-corrected chi connectivity index (χ1v) is 8.37. The maximum atomic E-state index is 4.28. The highest BCUT2D eigenvalue weighted by Gasteiger charge is 2.21.